The number of likely N-dealkylation sites (tertiary alicyclic amines) is 1. The summed E-state index contributed by atoms with van der Waals surface area (Å²) in [7, 11) is 0. The quantitative estimate of drug-likeness (QED) is 0.662. The van der Waals surface area contributed by atoms with Crippen molar-refractivity contribution >= 4 is 23.7 Å². The predicted molar refractivity (Wildman–Crippen MR) is 80.3 cm³/mol. The fraction of sp³-hybridized carbons (Fsp3) is 0.438. The van der Waals surface area contributed by atoms with Gasteiger partial charge in [0.15, 0.2) is 5.78 Å². The van der Waals surface area contributed by atoms with E-state index in [2.05, 4.69) is 10.2 Å². The molecule has 1 amide bonds. The molecule has 21 heavy (non-hydrogen) atoms. The molecule has 0 bridgehead atoms. The largest absolute Gasteiger partial charge is 0.325 e. The highest BCUT2D eigenvalue weighted by molar-refractivity contribution is 5.96. The van der Waals surface area contributed by atoms with Gasteiger partial charge in [0.25, 0.3) is 0 Å². The Morgan fingerprint density at radius 1 is 1.24 bits per heavy atom. The standard InChI is InChI=1S/C16H20N2O3/c1-12(20)14-2-4-15(5-3-14)17-16(21)10-18-8-6-13(11-19)7-9-18/h2-5,11,13H,6-10H2,1H3,(H,17,21). The highest BCUT2D eigenvalue weighted by Crippen LogP contribution is 2.15. The molecular weight excluding hydrogens is 268 g/mol. The van der Waals surface area contributed by atoms with Gasteiger partial charge < -0.3 is 10.1 Å². The fourth-order valence-corrected chi connectivity index (χ4v) is 2.44. The minimum Gasteiger partial charge on any atom is -0.325 e. The van der Waals surface area contributed by atoms with Crippen molar-refractivity contribution in [3.05, 3.63) is 29.8 Å². The summed E-state index contributed by atoms with van der Waals surface area (Å²) in [6.07, 6.45) is 2.65. The van der Waals surface area contributed by atoms with Crippen LogP contribution in [0, 0.1) is 5.92 Å². The Kier molecular flexibility index (Phi) is 5.22. The number of piperidine rings is 1. The van der Waals surface area contributed by atoms with Gasteiger partial charge >= 0.3 is 0 Å². The summed E-state index contributed by atoms with van der Waals surface area (Å²) >= 11 is 0. The molecule has 0 aliphatic carbocycles. The molecule has 1 saturated heterocycles. The zero-order chi connectivity index (χ0) is 15.2. The van der Waals surface area contributed by atoms with Crippen LogP contribution >= 0.6 is 0 Å². The maximum Gasteiger partial charge on any atom is 0.238 e. The fourth-order valence-electron chi connectivity index (χ4n) is 2.44. The number of aldehydes is 1. The predicted octanol–water partition coefficient (Wildman–Crippen LogP) is 1.74. The molecule has 1 aromatic carbocycles. The number of benzene rings is 1. The van der Waals surface area contributed by atoms with Crippen molar-refractivity contribution in [2.45, 2.75) is 19.8 Å². The SMILES string of the molecule is CC(=O)c1ccc(NC(=O)CN2CCC(C=O)CC2)cc1. The van der Waals surface area contributed by atoms with Crippen LogP contribution in [0.25, 0.3) is 0 Å². The van der Waals surface area contributed by atoms with Crippen LogP contribution in [0.3, 0.4) is 0 Å². The van der Waals surface area contributed by atoms with Crippen molar-refractivity contribution < 1.29 is 14.4 Å². The Morgan fingerprint density at radius 2 is 1.86 bits per heavy atom. The number of anilines is 1. The van der Waals surface area contributed by atoms with Crippen LogP contribution in [0.15, 0.2) is 24.3 Å². The van der Waals surface area contributed by atoms with Gasteiger partial charge in [-0.25, -0.2) is 0 Å². The lowest BCUT2D eigenvalue weighted by Crippen LogP contribution is -2.39. The lowest BCUT2D eigenvalue weighted by atomic mass is 9.99. The van der Waals surface area contributed by atoms with Gasteiger partial charge in [-0.15, -0.1) is 0 Å². The minimum atomic E-state index is -0.0740. The number of carbonyl (C=O) groups excluding carboxylic acids is 3. The molecule has 5 heteroatoms. The van der Waals surface area contributed by atoms with Crippen LogP contribution in [-0.4, -0.2) is 42.5 Å². The number of nitrogens with one attached hydrogen (secondary N) is 1. The smallest absolute Gasteiger partial charge is 0.238 e. The average Bonchev–Trinajstić information content (AvgIpc) is 2.48. The van der Waals surface area contributed by atoms with Gasteiger partial charge in [-0.1, -0.05) is 0 Å². The number of hydrogen-bond donors (Lipinski definition) is 1. The molecule has 0 unspecified atom stereocenters. The summed E-state index contributed by atoms with van der Waals surface area (Å²) in [4.78, 5) is 35.9. The molecule has 1 fully saturated rings. The van der Waals surface area contributed by atoms with Gasteiger partial charge in [-0.05, 0) is 57.1 Å². The van der Waals surface area contributed by atoms with Crippen LogP contribution < -0.4 is 5.32 Å². The van der Waals surface area contributed by atoms with Crippen LogP contribution in [0.2, 0.25) is 0 Å². The van der Waals surface area contributed by atoms with Crippen LogP contribution in [-0.2, 0) is 9.59 Å². The Hall–Kier alpha value is -2.01. The number of ketones is 1. The van der Waals surface area contributed by atoms with E-state index in [0.29, 0.717) is 17.8 Å². The topological polar surface area (TPSA) is 66.5 Å². The van der Waals surface area contributed by atoms with Crippen molar-refractivity contribution in [2.24, 2.45) is 5.92 Å². The lowest BCUT2D eigenvalue weighted by molar-refractivity contribution is -0.117. The summed E-state index contributed by atoms with van der Waals surface area (Å²) in [5, 5.41) is 2.82. The van der Waals surface area contributed by atoms with Crippen LogP contribution in [0.1, 0.15) is 30.1 Å². The molecule has 1 aliphatic heterocycles. The molecule has 1 aromatic rings. The number of Topliss-reactive ketones (excluding diaryl/α,β-unsaturated/α-hetero) is 1. The van der Waals surface area contributed by atoms with E-state index in [4.69, 9.17) is 0 Å². The van der Waals surface area contributed by atoms with Gasteiger partial charge in [0.2, 0.25) is 5.91 Å². The van der Waals surface area contributed by atoms with E-state index in [1.54, 1.807) is 24.3 Å². The summed E-state index contributed by atoms with van der Waals surface area (Å²) in [6, 6.07) is 6.86. The van der Waals surface area contributed by atoms with Gasteiger partial charge in [-0.2, -0.15) is 0 Å². The second kappa shape index (κ2) is 7.13. The average molecular weight is 288 g/mol. The highest BCUT2D eigenvalue weighted by Gasteiger charge is 2.20. The van der Waals surface area contributed by atoms with E-state index in [1.165, 1.54) is 6.92 Å². The maximum absolute atomic E-state index is 12.0. The lowest BCUT2D eigenvalue weighted by Gasteiger charge is -2.28. The molecular formula is C16H20N2O3. The van der Waals surface area contributed by atoms with Gasteiger partial charge in [-0.3, -0.25) is 14.5 Å². The maximum atomic E-state index is 12.0. The second-order valence-electron chi connectivity index (χ2n) is 5.43. The second-order valence-corrected chi connectivity index (χ2v) is 5.43. The van der Waals surface area contributed by atoms with Gasteiger partial charge in [0, 0.05) is 17.2 Å². The summed E-state index contributed by atoms with van der Waals surface area (Å²) in [6.45, 7) is 3.40. The van der Waals surface area contributed by atoms with Crippen LogP contribution in [0.5, 0.6) is 0 Å². The third-order valence-corrected chi connectivity index (χ3v) is 3.77. The molecule has 1 heterocycles. The molecule has 112 valence electrons. The van der Waals surface area contributed by atoms with E-state index in [0.717, 1.165) is 32.2 Å². The molecule has 1 N–H and O–H groups in total. The molecule has 0 aromatic heterocycles. The third-order valence-electron chi connectivity index (χ3n) is 3.77. The van der Waals surface area contributed by atoms with E-state index in [9.17, 15) is 14.4 Å². The van der Waals surface area contributed by atoms with E-state index < -0.39 is 0 Å². The van der Waals surface area contributed by atoms with E-state index in [-0.39, 0.29) is 17.6 Å². The Bertz CT molecular complexity index is 517. The molecule has 2 rings (SSSR count). The summed E-state index contributed by atoms with van der Waals surface area (Å²) in [5.41, 5.74) is 1.32. The van der Waals surface area contributed by atoms with E-state index in [1.807, 2.05) is 0 Å². The Balaban J connectivity index is 1.82. The molecule has 0 atom stereocenters. The van der Waals surface area contributed by atoms with E-state index >= 15 is 0 Å². The number of nitrogens with zero attached hydrogens (tertiary/aromatic N) is 1. The third kappa shape index (κ3) is 4.49. The Morgan fingerprint density at radius 3 is 2.38 bits per heavy atom. The number of hydrogen-bond acceptors (Lipinski definition) is 4. The van der Waals surface area contributed by atoms with Crippen molar-refractivity contribution in [1.82, 2.24) is 4.90 Å². The number of rotatable bonds is 5. The first-order valence-electron chi connectivity index (χ1n) is 7.17. The minimum absolute atomic E-state index is 0.00549. The monoisotopic (exact) mass is 288 g/mol. The van der Waals surface area contributed by atoms with Crippen molar-refractivity contribution in [3.8, 4) is 0 Å². The van der Waals surface area contributed by atoms with Gasteiger partial charge in [0.1, 0.15) is 6.29 Å². The van der Waals surface area contributed by atoms with Gasteiger partial charge in [0.05, 0.1) is 6.54 Å². The van der Waals surface area contributed by atoms with Crippen molar-refractivity contribution in [2.75, 3.05) is 25.0 Å². The zero-order valence-corrected chi connectivity index (χ0v) is 12.2. The summed E-state index contributed by atoms with van der Waals surface area (Å²) in [5.74, 6) is 0.0736. The normalized spacial score (nSPS) is 16.4. The molecule has 1 aliphatic rings. The van der Waals surface area contributed by atoms with Crippen molar-refractivity contribution in [3.63, 3.8) is 0 Å². The summed E-state index contributed by atoms with van der Waals surface area (Å²) < 4.78 is 0. The van der Waals surface area contributed by atoms with Crippen LogP contribution in [0.4, 0.5) is 5.69 Å². The first-order chi connectivity index (χ1) is 10.1. The number of amides is 1. The zero-order valence-electron chi connectivity index (χ0n) is 12.2. The molecule has 5 nitrogen and oxygen atoms in total. The first kappa shape index (κ1) is 15.4. The Labute approximate surface area is 124 Å². The van der Waals surface area contributed by atoms with Crippen molar-refractivity contribution in [1.29, 1.82) is 0 Å². The highest BCUT2D eigenvalue weighted by atomic mass is 16.2. The molecule has 0 saturated carbocycles. The number of carbonyl (C=O) groups is 3. The molecule has 0 spiro atoms. The first-order valence-corrected chi connectivity index (χ1v) is 7.17. The molecule has 0 radical (unpaired) electrons.